The van der Waals surface area contributed by atoms with Gasteiger partial charge in [-0.1, -0.05) is 29.8 Å². The predicted octanol–water partition coefficient (Wildman–Crippen LogP) is 2.72. The smallest absolute Gasteiger partial charge is 0.272 e. The fourth-order valence-electron chi connectivity index (χ4n) is 1.82. The summed E-state index contributed by atoms with van der Waals surface area (Å²) in [4.78, 5) is 13.6. The summed E-state index contributed by atoms with van der Waals surface area (Å²) in [5, 5.41) is 16.1. The van der Waals surface area contributed by atoms with E-state index in [1.165, 1.54) is 4.90 Å². The van der Waals surface area contributed by atoms with Gasteiger partial charge in [0.1, 0.15) is 12.2 Å². The second-order valence-electron chi connectivity index (χ2n) is 4.12. The number of hydrogen-bond acceptors (Lipinski definition) is 3. The molecule has 1 heterocycles. The first kappa shape index (κ1) is 14.1. The van der Waals surface area contributed by atoms with Crippen LogP contribution in [0.5, 0.6) is 0 Å². The number of nitrogens with one attached hydrogen (secondary N) is 1. The van der Waals surface area contributed by atoms with E-state index in [0.29, 0.717) is 23.0 Å². The molecule has 6 heteroatoms. The molecule has 1 aromatic carbocycles. The Morgan fingerprint density at radius 1 is 1.50 bits per heavy atom. The molecule has 5 nitrogen and oxygen atoms in total. The molecule has 0 aliphatic carbocycles. The Morgan fingerprint density at radius 3 is 2.90 bits per heavy atom. The van der Waals surface area contributed by atoms with Gasteiger partial charge in [0.2, 0.25) is 0 Å². The van der Waals surface area contributed by atoms with Gasteiger partial charge >= 0.3 is 0 Å². The summed E-state index contributed by atoms with van der Waals surface area (Å²) in [7, 11) is 0. The molecule has 0 bridgehead atoms. The lowest BCUT2D eigenvalue weighted by Crippen LogP contribution is -2.31. The zero-order valence-corrected chi connectivity index (χ0v) is 11.7. The molecule has 20 heavy (non-hydrogen) atoms. The average Bonchev–Trinajstić information content (AvgIpc) is 2.94. The van der Waals surface area contributed by atoms with E-state index in [1.54, 1.807) is 12.1 Å². The second-order valence-corrected chi connectivity index (χ2v) is 4.53. The van der Waals surface area contributed by atoms with Gasteiger partial charge in [0.05, 0.1) is 16.8 Å². The van der Waals surface area contributed by atoms with Crippen LogP contribution in [-0.2, 0) is 0 Å². The third-order valence-corrected chi connectivity index (χ3v) is 3.22. The van der Waals surface area contributed by atoms with Crippen LogP contribution in [0.15, 0.2) is 30.3 Å². The van der Waals surface area contributed by atoms with Gasteiger partial charge in [0, 0.05) is 12.1 Å². The lowest BCUT2D eigenvalue weighted by molar-refractivity contribution is 0.0778. The molecule has 1 amide bonds. The van der Waals surface area contributed by atoms with Gasteiger partial charge in [-0.15, -0.1) is 0 Å². The summed E-state index contributed by atoms with van der Waals surface area (Å²) in [5.74, 6) is -0.250. The van der Waals surface area contributed by atoms with Crippen LogP contribution in [0, 0.1) is 11.3 Å². The number of nitrogens with zero attached hydrogens (tertiary/aromatic N) is 3. The molecule has 2 rings (SSSR count). The monoisotopic (exact) mass is 288 g/mol. The molecule has 102 valence electrons. The maximum Gasteiger partial charge on any atom is 0.272 e. The Bertz CT molecular complexity index is 659. The summed E-state index contributed by atoms with van der Waals surface area (Å²) in [5.41, 5.74) is 1.71. The topological polar surface area (TPSA) is 72.8 Å². The van der Waals surface area contributed by atoms with Crippen LogP contribution in [0.4, 0.5) is 0 Å². The van der Waals surface area contributed by atoms with Crippen molar-refractivity contribution >= 4 is 17.5 Å². The summed E-state index contributed by atoms with van der Waals surface area (Å²) < 4.78 is 0. The number of H-pyrrole nitrogens is 1. The van der Waals surface area contributed by atoms with Crippen molar-refractivity contribution < 1.29 is 4.79 Å². The van der Waals surface area contributed by atoms with E-state index in [-0.39, 0.29) is 12.5 Å². The molecule has 1 N–H and O–H groups in total. The number of rotatable bonds is 4. The number of halogens is 1. The number of amides is 1. The SMILES string of the molecule is CCN(CC#N)C(=O)c1cc(-c2ccccc2Cl)n[nH]1. The molecular formula is C14H13ClN4O. The van der Waals surface area contributed by atoms with Gasteiger partial charge < -0.3 is 4.90 Å². The molecule has 0 spiro atoms. The number of nitriles is 1. The Hall–Kier alpha value is -2.32. The minimum absolute atomic E-state index is 0.0514. The van der Waals surface area contributed by atoms with Gasteiger partial charge in [0.15, 0.2) is 0 Å². The normalized spacial score (nSPS) is 10.1. The maximum atomic E-state index is 12.2. The van der Waals surface area contributed by atoms with Crippen molar-refractivity contribution in [3.8, 4) is 17.3 Å². The zero-order valence-electron chi connectivity index (χ0n) is 10.9. The molecule has 1 aromatic heterocycles. The van der Waals surface area contributed by atoms with E-state index in [0.717, 1.165) is 5.56 Å². The van der Waals surface area contributed by atoms with Gasteiger partial charge in [-0.3, -0.25) is 9.89 Å². The number of hydrogen-bond donors (Lipinski definition) is 1. The fourth-order valence-corrected chi connectivity index (χ4v) is 2.05. The van der Waals surface area contributed by atoms with E-state index in [4.69, 9.17) is 16.9 Å². The highest BCUT2D eigenvalue weighted by atomic mass is 35.5. The molecule has 0 saturated heterocycles. The van der Waals surface area contributed by atoms with Gasteiger partial charge in [-0.05, 0) is 19.1 Å². The van der Waals surface area contributed by atoms with Gasteiger partial charge in [-0.2, -0.15) is 10.4 Å². The number of carbonyl (C=O) groups is 1. The van der Waals surface area contributed by atoms with Crippen LogP contribution in [0.25, 0.3) is 11.3 Å². The van der Waals surface area contributed by atoms with Crippen LogP contribution >= 0.6 is 11.6 Å². The third kappa shape index (κ3) is 2.81. The Morgan fingerprint density at radius 2 is 2.25 bits per heavy atom. The van der Waals surface area contributed by atoms with Crippen molar-refractivity contribution in [3.05, 3.63) is 41.0 Å². The van der Waals surface area contributed by atoms with Crippen molar-refractivity contribution in [3.63, 3.8) is 0 Å². The molecule has 0 saturated carbocycles. The van der Waals surface area contributed by atoms with Gasteiger partial charge in [0.25, 0.3) is 5.91 Å². The van der Waals surface area contributed by atoms with E-state index in [1.807, 2.05) is 31.2 Å². The van der Waals surface area contributed by atoms with Gasteiger partial charge in [-0.25, -0.2) is 0 Å². The molecule has 0 aliphatic heterocycles. The van der Waals surface area contributed by atoms with Crippen LogP contribution < -0.4 is 0 Å². The molecule has 2 aromatic rings. The zero-order chi connectivity index (χ0) is 14.5. The Kier molecular flexibility index (Phi) is 4.38. The first-order valence-electron chi connectivity index (χ1n) is 6.14. The molecule has 0 fully saturated rings. The van der Waals surface area contributed by atoms with Crippen molar-refractivity contribution in [2.75, 3.05) is 13.1 Å². The van der Waals surface area contributed by atoms with E-state index in [9.17, 15) is 4.79 Å². The maximum absolute atomic E-state index is 12.2. The average molecular weight is 289 g/mol. The Labute approximate surface area is 121 Å². The first-order valence-corrected chi connectivity index (χ1v) is 6.51. The molecule has 0 atom stereocenters. The number of carbonyl (C=O) groups excluding carboxylic acids is 1. The summed E-state index contributed by atoms with van der Waals surface area (Å²) in [6, 6.07) is 10.9. The van der Waals surface area contributed by atoms with Crippen molar-refractivity contribution in [2.45, 2.75) is 6.92 Å². The molecule has 0 aliphatic rings. The number of aromatic amines is 1. The minimum Gasteiger partial charge on any atom is -0.324 e. The third-order valence-electron chi connectivity index (χ3n) is 2.89. The largest absolute Gasteiger partial charge is 0.324 e. The highest BCUT2D eigenvalue weighted by molar-refractivity contribution is 6.33. The molecule has 0 radical (unpaired) electrons. The highest BCUT2D eigenvalue weighted by Gasteiger charge is 2.17. The summed E-state index contributed by atoms with van der Waals surface area (Å²) in [6.45, 7) is 2.34. The van der Waals surface area contributed by atoms with E-state index >= 15 is 0 Å². The highest BCUT2D eigenvalue weighted by Crippen LogP contribution is 2.26. The standard InChI is InChI=1S/C14H13ClN4O/c1-2-19(8-7-16)14(20)13-9-12(17-18-13)10-5-3-4-6-11(10)15/h3-6,9H,2,8H2,1H3,(H,17,18). The fraction of sp³-hybridized carbons (Fsp3) is 0.214. The lowest BCUT2D eigenvalue weighted by Gasteiger charge is -2.15. The predicted molar refractivity (Wildman–Crippen MR) is 76.2 cm³/mol. The quantitative estimate of drug-likeness (QED) is 0.879. The Balaban J connectivity index is 2.28. The van der Waals surface area contributed by atoms with Crippen LogP contribution in [0.2, 0.25) is 5.02 Å². The molecule has 0 unspecified atom stereocenters. The minimum atomic E-state index is -0.250. The van der Waals surface area contributed by atoms with Crippen LogP contribution in [0.1, 0.15) is 17.4 Å². The summed E-state index contributed by atoms with van der Waals surface area (Å²) in [6.07, 6.45) is 0. The van der Waals surface area contributed by atoms with Crippen LogP contribution in [-0.4, -0.2) is 34.1 Å². The van der Waals surface area contributed by atoms with E-state index in [2.05, 4.69) is 10.2 Å². The van der Waals surface area contributed by atoms with E-state index < -0.39 is 0 Å². The lowest BCUT2D eigenvalue weighted by atomic mass is 10.1. The number of aromatic nitrogens is 2. The van der Waals surface area contributed by atoms with Crippen molar-refractivity contribution in [1.29, 1.82) is 5.26 Å². The second kappa shape index (κ2) is 6.22. The first-order chi connectivity index (χ1) is 9.67. The molecular weight excluding hydrogens is 276 g/mol. The summed E-state index contributed by atoms with van der Waals surface area (Å²) >= 11 is 6.09. The van der Waals surface area contributed by atoms with Crippen molar-refractivity contribution in [2.24, 2.45) is 0 Å². The number of benzene rings is 1. The van der Waals surface area contributed by atoms with Crippen molar-refractivity contribution in [1.82, 2.24) is 15.1 Å². The van der Waals surface area contributed by atoms with Crippen LogP contribution in [0.3, 0.4) is 0 Å².